The summed E-state index contributed by atoms with van der Waals surface area (Å²) in [6, 6.07) is 16.5. The lowest BCUT2D eigenvalue weighted by atomic mass is 10.0. The fraction of sp³-hybridized carbons (Fsp3) is 0.409. The van der Waals surface area contributed by atoms with Crippen molar-refractivity contribution in [2.75, 3.05) is 25.0 Å². The molecule has 146 valence electrons. The Kier molecular flexibility index (Phi) is 8.78. The topological polar surface area (TPSA) is 58.4 Å². The van der Waals surface area contributed by atoms with Gasteiger partial charge in [0.25, 0.3) is 0 Å². The fourth-order valence-electron chi connectivity index (χ4n) is 3.10. The number of benzene rings is 2. The zero-order valence-corrected chi connectivity index (χ0v) is 16.0. The molecule has 27 heavy (non-hydrogen) atoms. The predicted octanol–water partition coefficient (Wildman–Crippen LogP) is 3.83. The van der Waals surface area contributed by atoms with Crippen LogP contribution in [0.4, 0.5) is 10.1 Å². The van der Waals surface area contributed by atoms with E-state index in [4.69, 9.17) is 5.73 Å². The molecule has 0 spiro atoms. The van der Waals surface area contributed by atoms with E-state index >= 15 is 0 Å². The fourth-order valence-corrected chi connectivity index (χ4v) is 3.10. The van der Waals surface area contributed by atoms with Crippen LogP contribution in [0.15, 0.2) is 54.6 Å². The molecule has 1 heterocycles. The molecule has 0 saturated carbocycles. The Hall–Kier alpha value is -2.40. The maximum absolute atomic E-state index is 13.4. The van der Waals surface area contributed by atoms with Gasteiger partial charge in [-0.3, -0.25) is 4.79 Å². The van der Waals surface area contributed by atoms with Crippen LogP contribution in [-0.4, -0.2) is 36.5 Å². The number of nitrogens with zero attached hydrogens (tertiary/aromatic N) is 1. The second-order valence-corrected chi connectivity index (χ2v) is 6.74. The highest BCUT2D eigenvalue weighted by Gasteiger charge is 2.20. The maximum Gasteiger partial charge on any atom is 0.224 e. The Morgan fingerprint density at radius 2 is 1.74 bits per heavy atom. The summed E-state index contributed by atoms with van der Waals surface area (Å²) in [6.45, 7) is 4.76. The highest BCUT2D eigenvalue weighted by atomic mass is 19.1. The van der Waals surface area contributed by atoms with E-state index in [1.165, 1.54) is 11.8 Å². The van der Waals surface area contributed by atoms with E-state index < -0.39 is 0 Å². The Morgan fingerprint density at radius 1 is 1.11 bits per heavy atom. The number of halogens is 1. The molecular weight excluding hydrogens is 341 g/mol. The van der Waals surface area contributed by atoms with Gasteiger partial charge in [0, 0.05) is 37.8 Å². The van der Waals surface area contributed by atoms with Gasteiger partial charge in [0.05, 0.1) is 0 Å². The van der Waals surface area contributed by atoms with E-state index in [0.717, 1.165) is 32.5 Å². The third-order valence-corrected chi connectivity index (χ3v) is 4.49. The van der Waals surface area contributed by atoms with Crippen LogP contribution in [0.2, 0.25) is 0 Å². The average molecular weight is 372 g/mol. The van der Waals surface area contributed by atoms with Gasteiger partial charge in [-0.1, -0.05) is 36.4 Å². The molecule has 1 amide bonds. The van der Waals surface area contributed by atoms with Crippen LogP contribution in [0, 0.1) is 5.82 Å². The van der Waals surface area contributed by atoms with Crippen molar-refractivity contribution in [2.24, 2.45) is 5.73 Å². The highest BCUT2D eigenvalue weighted by molar-refractivity contribution is 5.77. The first-order valence-corrected chi connectivity index (χ1v) is 9.65. The predicted molar refractivity (Wildman–Crippen MR) is 109 cm³/mol. The van der Waals surface area contributed by atoms with Gasteiger partial charge >= 0.3 is 0 Å². The van der Waals surface area contributed by atoms with Gasteiger partial charge in [0.2, 0.25) is 5.91 Å². The molecule has 2 aromatic carbocycles. The van der Waals surface area contributed by atoms with Crippen LogP contribution in [0.3, 0.4) is 0 Å². The van der Waals surface area contributed by atoms with E-state index in [1.807, 2.05) is 23.1 Å². The number of likely N-dealkylation sites (tertiary alicyclic amines) is 1. The van der Waals surface area contributed by atoms with Crippen molar-refractivity contribution < 1.29 is 9.18 Å². The molecule has 3 rings (SSSR count). The third kappa shape index (κ3) is 7.39. The first-order chi connectivity index (χ1) is 13.1. The summed E-state index contributed by atoms with van der Waals surface area (Å²) in [6.07, 6.45) is 2.86. The number of rotatable bonds is 6. The average Bonchev–Trinajstić information content (AvgIpc) is 3.20. The molecule has 1 atom stereocenters. The summed E-state index contributed by atoms with van der Waals surface area (Å²) in [5.41, 5.74) is 7.71. The summed E-state index contributed by atoms with van der Waals surface area (Å²) < 4.78 is 13.4. The number of carbonyl (C=O) groups excluding carboxylic acids is 1. The second-order valence-electron chi connectivity index (χ2n) is 6.74. The lowest BCUT2D eigenvalue weighted by Gasteiger charge is -2.18. The Balaban J connectivity index is 0.000000244. The molecular formula is C22H30FN3O. The summed E-state index contributed by atoms with van der Waals surface area (Å²) in [4.78, 5) is 13.7. The molecule has 5 heteroatoms. The van der Waals surface area contributed by atoms with Crippen molar-refractivity contribution in [3.05, 3.63) is 66.0 Å². The third-order valence-electron chi connectivity index (χ3n) is 4.49. The van der Waals surface area contributed by atoms with E-state index in [1.54, 1.807) is 18.2 Å². The largest absolute Gasteiger partial charge is 0.385 e. The molecule has 1 aliphatic rings. The number of nitrogens with two attached hydrogens (primary N) is 1. The van der Waals surface area contributed by atoms with Gasteiger partial charge in [-0.25, -0.2) is 4.39 Å². The molecule has 1 unspecified atom stereocenters. The van der Waals surface area contributed by atoms with Gasteiger partial charge in [0.1, 0.15) is 5.82 Å². The first kappa shape index (κ1) is 20.9. The summed E-state index contributed by atoms with van der Waals surface area (Å²) in [5.74, 6) is -0.155. The Bertz CT molecular complexity index is 687. The van der Waals surface area contributed by atoms with Crippen molar-refractivity contribution in [1.82, 2.24) is 4.90 Å². The van der Waals surface area contributed by atoms with Crippen LogP contribution in [0.1, 0.15) is 31.7 Å². The SMILES string of the molecule is CCNc1ccccc1.NC(CC(=O)N1CCCC1)Cc1ccccc1F. The smallest absolute Gasteiger partial charge is 0.224 e. The zero-order valence-electron chi connectivity index (χ0n) is 16.0. The van der Waals surface area contributed by atoms with Crippen molar-refractivity contribution in [3.8, 4) is 0 Å². The van der Waals surface area contributed by atoms with Gasteiger partial charge in [-0.15, -0.1) is 0 Å². The number of hydrogen-bond acceptors (Lipinski definition) is 3. The molecule has 1 aliphatic heterocycles. The van der Waals surface area contributed by atoms with E-state index in [9.17, 15) is 9.18 Å². The maximum atomic E-state index is 13.4. The van der Waals surface area contributed by atoms with E-state index in [0.29, 0.717) is 18.4 Å². The molecule has 0 radical (unpaired) electrons. The van der Waals surface area contributed by atoms with Crippen molar-refractivity contribution in [1.29, 1.82) is 0 Å². The molecule has 0 bridgehead atoms. The second kappa shape index (κ2) is 11.3. The minimum absolute atomic E-state index is 0.0938. The molecule has 1 fully saturated rings. The number of carbonyl (C=O) groups is 1. The lowest BCUT2D eigenvalue weighted by Crippen LogP contribution is -2.35. The normalized spacial score (nSPS) is 14.3. The van der Waals surface area contributed by atoms with Gasteiger partial charge in [-0.05, 0) is 49.9 Å². The zero-order chi connectivity index (χ0) is 19.5. The molecule has 0 aromatic heterocycles. The van der Waals surface area contributed by atoms with Crippen LogP contribution in [-0.2, 0) is 11.2 Å². The van der Waals surface area contributed by atoms with Gasteiger partial charge in [-0.2, -0.15) is 0 Å². The van der Waals surface area contributed by atoms with Gasteiger partial charge in [0.15, 0.2) is 0 Å². The highest BCUT2D eigenvalue weighted by Crippen LogP contribution is 2.13. The Morgan fingerprint density at radius 3 is 2.37 bits per heavy atom. The first-order valence-electron chi connectivity index (χ1n) is 9.65. The van der Waals surface area contributed by atoms with Crippen LogP contribution in [0.5, 0.6) is 0 Å². The van der Waals surface area contributed by atoms with E-state index in [-0.39, 0.29) is 17.8 Å². The minimum atomic E-state index is -0.310. The monoisotopic (exact) mass is 371 g/mol. The summed E-state index contributed by atoms with van der Waals surface area (Å²) in [7, 11) is 0. The lowest BCUT2D eigenvalue weighted by molar-refractivity contribution is -0.130. The van der Waals surface area contributed by atoms with Gasteiger partial charge < -0.3 is 16.0 Å². The van der Waals surface area contributed by atoms with Crippen LogP contribution < -0.4 is 11.1 Å². The quantitative estimate of drug-likeness (QED) is 0.811. The number of nitrogens with one attached hydrogen (secondary N) is 1. The number of hydrogen-bond donors (Lipinski definition) is 2. The van der Waals surface area contributed by atoms with Crippen molar-refractivity contribution in [2.45, 2.75) is 38.6 Å². The van der Waals surface area contributed by atoms with Crippen LogP contribution in [0.25, 0.3) is 0 Å². The number of amides is 1. The number of anilines is 1. The summed E-state index contributed by atoms with van der Waals surface area (Å²) >= 11 is 0. The van der Waals surface area contributed by atoms with Crippen LogP contribution >= 0.6 is 0 Å². The van der Waals surface area contributed by atoms with Crippen molar-refractivity contribution >= 4 is 11.6 Å². The van der Waals surface area contributed by atoms with E-state index in [2.05, 4.69) is 24.4 Å². The molecule has 4 nitrogen and oxygen atoms in total. The Labute approximate surface area is 161 Å². The standard InChI is InChI=1S/C14H19FN2O.C8H11N/c15-13-6-2-1-5-11(13)9-12(16)10-14(18)17-7-3-4-8-17;1-2-9-8-6-4-3-5-7-8/h1-2,5-6,12H,3-4,7-10,16H2;3-7,9H,2H2,1H3. The molecule has 1 saturated heterocycles. The number of para-hydroxylation sites is 1. The molecule has 0 aliphatic carbocycles. The molecule has 2 aromatic rings. The molecule has 3 N–H and O–H groups in total. The van der Waals surface area contributed by atoms with Crippen molar-refractivity contribution in [3.63, 3.8) is 0 Å². The summed E-state index contributed by atoms with van der Waals surface area (Å²) in [5, 5.41) is 3.21. The minimum Gasteiger partial charge on any atom is -0.385 e.